The third-order valence-corrected chi connectivity index (χ3v) is 3.09. The molecule has 1 amide bonds. The Balaban J connectivity index is 2.12. The van der Waals surface area contributed by atoms with E-state index in [1.54, 1.807) is 6.07 Å². The highest BCUT2D eigenvalue weighted by Gasteiger charge is 2.28. The molecule has 5 nitrogen and oxygen atoms in total. The largest absolute Gasteiger partial charge is 0.397 e. The highest BCUT2D eigenvalue weighted by molar-refractivity contribution is 5.94. The van der Waals surface area contributed by atoms with Gasteiger partial charge in [-0.2, -0.15) is 0 Å². The summed E-state index contributed by atoms with van der Waals surface area (Å²) in [4.78, 5) is 12.0. The third kappa shape index (κ3) is 2.61. The number of aliphatic hydroxyl groups is 1. The maximum atomic E-state index is 12.0. The fourth-order valence-electron chi connectivity index (χ4n) is 1.87. The zero-order valence-corrected chi connectivity index (χ0v) is 10.0. The van der Waals surface area contributed by atoms with Crippen molar-refractivity contribution in [2.24, 2.45) is 0 Å². The van der Waals surface area contributed by atoms with Gasteiger partial charge >= 0.3 is 0 Å². The van der Waals surface area contributed by atoms with E-state index in [4.69, 9.17) is 10.8 Å². The molecular formula is C12H19N3O2. The zero-order valence-electron chi connectivity index (χ0n) is 10.0. The van der Waals surface area contributed by atoms with E-state index in [1.807, 2.05) is 17.7 Å². The van der Waals surface area contributed by atoms with E-state index >= 15 is 0 Å². The van der Waals surface area contributed by atoms with Gasteiger partial charge in [-0.15, -0.1) is 0 Å². The predicted molar refractivity (Wildman–Crippen MR) is 65.7 cm³/mol. The highest BCUT2D eigenvalue weighted by atomic mass is 16.3. The lowest BCUT2D eigenvalue weighted by Gasteiger charge is -2.15. The summed E-state index contributed by atoms with van der Waals surface area (Å²) in [7, 11) is 0. The number of nitrogens with zero attached hydrogens (tertiary/aromatic N) is 1. The molecule has 0 aliphatic heterocycles. The summed E-state index contributed by atoms with van der Waals surface area (Å²) in [5.74, 6) is -0.158. The summed E-state index contributed by atoms with van der Waals surface area (Å²) in [5.41, 5.74) is 6.93. The normalized spacial score (nSPS) is 16.8. The molecule has 1 aromatic rings. The second-order valence-electron chi connectivity index (χ2n) is 4.56. The number of hydrogen-bond donors (Lipinski definition) is 3. The van der Waals surface area contributed by atoms with Gasteiger partial charge in [0.25, 0.3) is 5.91 Å². The number of nitrogens with two attached hydrogens (primary N) is 1. The maximum absolute atomic E-state index is 12.0. The minimum Gasteiger partial charge on any atom is -0.397 e. The quantitative estimate of drug-likeness (QED) is 0.712. The minimum atomic E-state index is -0.189. The second-order valence-corrected chi connectivity index (χ2v) is 4.56. The van der Waals surface area contributed by atoms with Crippen LogP contribution in [-0.2, 0) is 0 Å². The van der Waals surface area contributed by atoms with Gasteiger partial charge in [0.15, 0.2) is 0 Å². The minimum absolute atomic E-state index is 0.0398. The predicted octanol–water partition coefficient (Wildman–Crippen LogP) is 0.906. The van der Waals surface area contributed by atoms with Crippen LogP contribution in [0.4, 0.5) is 5.69 Å². The van der Waals surface area contributed by atoms with Crippen LogP contribution in [0.25, 0.3) is 0 Å². The standard InChI is InChI=1S/C12H19N3O2/c1-2-9(7-16)14-12(17)11-5-8(13)6-15(11)10-3-4-10/h5-6,9-10,16H,2-4,7,13H2,1H3,(H,14,17)/t9-/m1/s1. The molecule has 4 N–H and O–H groups in total. The summed E-state index contributed by atoms with van der Waals surface area (Å²) in [5, 5.41) is 11.9. The number of hydrogen-bond acceptors (Lipinski definition) is 3. The van der Waals surface area contributed by atoms with E-state index in [9.17, 15) is 4.79 Å². The summed E-state index contributed by atoms with van der Waals surface area (Å²) in [6.07, 6.45) is 4.73. The van der Waals surface area contributed by atoms with Crippen LogP contribution in [0, 0.1) is 0 Å². The molecule has 0 unspecified atom stereocenters. The molecule has 1 aromatic heterocycles. The van der Waals surface area contributed by atoms with E-state index in [2.05, 4.69) is 5.32 Å². The van der Waals surface area contributed by atoms with Crippen molar-refractivity contribution in [3.63, 3.8) is 0 Å². The lowest BCUT2D eigenvalue weighted by molar-refractivity contribution is 0.0905. The smallest absolute Gasteiger partial charge is 0.268 e. The van der Waals surface area contributed by atoms with Crippen molar-refractivity contribution < 1.29 is 9.90 Å². The number of aromatic nitrogens is 1. The van der Waals surface area contributed by atoms with Crippen LogP contribution in [0.3, 0.4) is 0 Å². The van der Waals surface area contributed by atoms with Crippen LogP contribution in [0.15, 0.2) is 12.3 Å². The first kappa shape index (κ1) is 12.0. The van der Waals surface area contributed by atoms with Gasteiger partial charge in [-0.1, -0.05) is 6.92 Å². The van der Waals surface area contributed by atoms with Crippen molar-refractivity contribution in [1.29, 1.82) is 0 Å². The first-order valence-corrected chi connectivity index (χ1v) is 6.04. The van der Waals surface area contributed by atoms with Crippen molar-refractivity contribution >= 4 is 11.6 Å². The van der Waals surface area contributed by atoms with E-state index in [-0.39, 0.29) is 18.6 Å². The number of rotatable bonds is 5. The number of nitrogens with one attached hydrogen (secondary N) is 1. The van der Waals surface area contributed by atoms with E-state index < -0.39 is 0 Å². The Morgan fingerprint density at radius 1 is 1.71 bits per heavy atom. The Morgan fingerprint density at radius 3 is 2.94 bits per heavy atom. The van der Waals surface area contributed by atoms with Gasteiger partial charge in [0.05, 0.1) is 18.3 Å². The topological polar surface area (TPSA) is 80.3 Å². The summed E-state index contributed by atoms with van der Waals surface area (Å²) < 4.78 is 1.94. The van der Waals surface area contributed by atoms with Crippen LogP contribution < -0.4 is 11.1 Å². The number of carbonyl (C=O) groups excluding carboxylic acids is 1. The summed E-state index contributed by atoms with van der Waals surface area (Å²) in [6.45, 7) is 1.89. The average Bonchev–Trinajstić information content (AvgIpc) is 3.09. The fourth-order valence-corrected chi connectivity index (χ4v) is 1.87. The Hall–Kier alpha value is -1.49. The summed E-state index contributed by atoms with van der Waals surface area (Å²) in [6, 6.07) is 1.92. The van der Waals surface area contributed by atoms with E-state index in [1.165, 1.54) is 0 Å². The highest BCUT2D eigenvalue weighted by Crippen LogP contribution is 2.37. The van der Waals surface area contributed by atoms with Gasteiger partial charge in [0.2, 0.25) is 0 Å². The third-order valence-electron chi connectivity index (χ3n) is 3.09. The molecule has 1 heterocycles. The van der Waals surface area contributed by atoms with Crippen molar-refractivity contribution in [3.8, 4) is 0 Å². The van der Waals surface area contributed by atoms with Crippen LogP contribution in [-0.4, -0.2) is 28.2 Å². The molecule has 1 atom stereocenters. The Bertz CT molecular complexity index is 406. The number of aliphatic hydroxyl groups excluding tert-OH is 1. The number of anilines is 1. The van der Waals surface area contributed by atoms with Crippen LogP contribution in [0.1, 0.15) is 42.7 Å². The molecule has 1 saturated carbocycles. The molecule has 2 rings (SSSR count). The van der Waals surface area contributed by atoms with Gasteiger partial charge in [-0.05, 0) is 25.3 Å². The molecule has 0 aromatic carbocycles. The first-order valence-electron chi connectivity index (χ1n) is 6.04. The molecule has 0 bridgehead atoms. The molecule has 0 radical (unpaired) electrons. The lowest BCUT2D eigenvalue weighted by Crippen LogP contribution is -2.37. The number of nitrogen functional groups attached to an aromatic ring is 1. The van der Waals surface area contributed by atoms with Crippen molar-refractivity contribution in [2.45, 2.75) is 38.3 Å². The average molecular weight is 237 g/mol. The van der Waals surface area contributed by atoms with E-state index in [0.29, 0.717) is 23.8 Å². The Kier molecular flexibility index (Phi) is 3.38. The molecular weight excluding hydrogens is 218 g/mol. The molecule has 17 heavy (non-hydrogen) atoms. The van der Waals surface area contributed by atoms with Gasteiger partial charge in [-0.25, -0.2) is 0 Å². The van der Waals surface area contributed by atoms with Gasteiger partial charge in [0.1, 0.15) is 5.69 Å². The Labute approximate surface area is 101 Å². The lowest BCUT2D eigenvalue weighted by atomic mass is 10.2. The van der Waals surface area contributed by atoms with Crippen molar-refractivity contribution in [2.75, 3.05) is 12.3 Å². The van der Waals surface area contributed by atoms with Crippen LogP contribution >= 0.6 is 0 Å². The SMILES string of the molecule is CC[C@H](CO)NC(=O)c1cc(N)cn1C1CC1. The molecule has 1 aliphatic carbocycles. The summed E-state index contributed by atoms with van der Waals surface area (Å²) >= 11 is 0. The van der Waals surface area contributed by atoms with Gasteiger partial charge in [-0.3, -0.25) is 4.79 Å². The molecule has 5 heteroatoms. The van der Waals surface area contributed by atoms with Gasteiger partial charge < -0.3 is 20.7 Å². The number of amides is 1. The van der Waals surface area contributed by atoms with Crippen LogP contribution in [0.5, 0.6) is 0 Å². The van der Waals surface area contributed by atoms with E-state index in [0.717, 1.165) is 12.8 Å². The zero-order chi connectivity index (χ0) is 12.4. The van der Waals surface area contributed by atoms with Crippen molar-refractivity contribution in [1.82, 2.24) is 9.88 Å². The van der Waals surface area contributed by atoms with Crippen LogP contribution in [0.2, 0.25) is 0 Å². The molecule has 1 aliphatic rings. The monoisotopic (exact) mass is 237 g/mol. The second kappa shape index (κ2) is 4.79. The molecule has 0 spiro atoms. The molecule has 1 fully saturated rings. The maximum Gasteiger partial charge on any atom is 0.268 e. The first-order chi connectivity index (χ1) is 8.15. The molecule has 0 saturated heterocycles. The van der Waals surface area contributed by atoms with Gasteiger partial charge in [0, 0.05) is 12.2 Å². The molecule has 94 valence electrons. The van der Waals surface area contributed by atoms with Crippen molar-refractivity contribution in [3.05, 3.63) is 18.0 Å². The fraction of sp³-hybridized carbons (Fsp3) is 0.583. The number of carbonyl (C=O) groups is 1. The Morgan fingerprint density at radius 2 is 2.41 bits per heavy atom.